The van der Waals surface area contributed by atoms with E-state index in [1.165, 1.54) is 25.7 Å². The molecule has 0 saturated heterocycles. The molecule has 3 aliphatic rings. The van der Waals surface area contributed by atoms with Crippen molar-refractivity contribution >= 4 is 11.6 Å². The number of ether oxygens (including phenoxy) is 1. The Morgan fingerprint density at radius 3 is 2.86 bits per heavy atom. The lowest BCUT2D eigenvalue weighted by atomic mass is 9.88. The van der Waals surface area contributed by atoms with Crippen LogP contribution < -0.4 is 10.6 Å². The maximum absolute atomic E-state index is 10.7. The molecule has 3 rings (SSSR count). The largest absolute Gasteiger partial charge is 0.508 e. The molecule has 0 spiro atoms. The smallest absolute Gasteiger partial charge is 0.120 e. The Bertz CT molecular complexity index is 655. The second-order valence-electron chi connectivity index (χ2n) is 8.54. The van der Waals surface area contributed by atoms with Crippen LogP contribution in [0, 0.1) is 11.8 Å². The first-order valence-corrected chi connectivity index (χ1v) is 11.8. The second-order valence-corrected chi connectivity index (χ2v) is 8.95. The van der Waals surface area contributed by atoms with Crippen LogP contribution in [0.3, 0.4) is 0 Å². The van der Waals surface area contributed by atoms with E-state index in [0.29, 0.717) is 17.0 Å². The van der Waals surface area contributed by atoms with E-state index in [4.69, 9.17) is 16.3 Å². The van der Waals surface area contributed by atoms with Crippen molar-refractivity contribution in [1.29, 1.82) is 0 Å². The van der Waals surface area contributed by atoms with Gasteiger partial charge in [-0.1, -0.05) is 62.9 Å². The molecule has 5 heteroatoms. The Morgan fingerprint density at radius 2 is 2.17 bits per heavy atom. The van der Waals surface area contributed by atoms with Crippen LogP contribution in [-0.4, -0.2) is 30.0 Å². The monoisotopic (exact) mass is 420 g/mol. The van der Waals surface area contributed by atoms with Gasteiger partial charge in [0.25, 0.3) is 0 Å². The number of nitrogens with one attached hydrogen (secondary N) is 2. The van der Waals surface area contributed by atoms with Crippen LogP contribution in [0.4, 0.5) is 0 Å². The van der Waals surface area contributed by atoms with Gasteiger partial charge in [-0.05, 0) is 56.1 Å². The minimum atomic E-state index is -0.182. The maximum atomic E-state index is 10.7. The van der Waals surface area contributed by atoms with Crippen molar-refractivity contribution in [2.24, 2.45) is 11.8 Å². The van der Waals surface area contributed by atoms with Gasteiger partial charge in [0.2, 0.25) is 0 Å². The van der Waals surface area contributed by atoms with E-state index in [1.807, 2.05) is 6.08 Å². The molecule has 0 aromatic heterocycles. The molecule has 0 fully saturated rings. The van der Waals surface area contributed by atoms with E-state index >= 15 is 0 Å². The molecule has 0 aromatic rings. The van der Waals surface area contributed by atoms with Crippen molar-refractivity contribution in [3.05, 3.63) is 46.9 Å². The topological polar surface area (TPSA) is 53.5 Å². The molecule has 0 radical (unpaired) electrons. The van der Waals surface area contributed by atoms with Gasteiger partial charge in [-0.2, -0.15) is 0 Å². The Labute approximate surface area is 181 Å². The number of aliphatic hydroxyl groups is 1. The molecule has 5 unspecified atom stereocenters. The fourth-order valence-electron chi connectivity index (χ4n) is 4.41. The fraction of sp³-hybridized carbons (Fsp3) is 0.667. The molecule has 1 heterocycles. The highest BCUT2D eigenvalue weighted by Gasteiger charge is 2.30. The average molecular weight is 421 g/mol. The Hall–Kier alpha value is -1.23. The number of allylic oxidation sites excluding steroid dienone is 1. The van der Waals surface area contributed by atoms with Gasteiger partial charge in [0, 0.05) is 11.6 Å². The van der Waals surface area contributed by atoms with E-state index in [9.17, 15) is 5.11 Å². The Balaban J connectivity index is 1.56. The molecule has 2 aliphatic carbocycles. The van der Waals surface area contributed by atoms with Crippen LogP contribution in [0.15, 0.2) is 46.9 Å². The summed E-state index contributed by atoms with van der Waals surface area (Å²) < 4.78 is 6.11. The van der Waals surface area contributed by atoms with Crippen LogP contribution in [0.2, 0.25) is 0 Å². The molecule has 0 saturated carbocycles. The molecular formula is C24H37ClN2O2. The van der Waals surface area contributed by atoms with Crippen LogP contribution in [0.5, 0.6) is 0 Å². The van der Waals surface area contributed by atoms with E-state index in [-0.39, 0.29) is 24.1 Å². The molecular weight excluding hydrogens is 384 g/mol. The lowest BCUT2D eigenvalue weighted by Gasteiger charge is -2.36. The van der Waals surface area contributed by atoms with E-state index in [0.717, 1.165) is 37.9 Å². The maximum Gasteiger partial charge on any atom is 0.120 e. The summed E-state index contributed by atoms with van der Waals surface area (Å²) in [5.74, 6) is 1.34. The van der Waals surface area contributed by atoms with Crippen molar-refractivity contribution in [3.63, 3.8) is 0 Å². The quantitative estimate of drug-likeness (QED) is 0.331. The van der Waals surface area contributed by atoms with Gasteiger partial charge < -0.3 is 15.2 Å². The molecule has 4 nitrogen and oxygen atoms in total. The summed E-state index contributed by atoms with van der Waals surface area (Å²) in [5, 5.41) is 18.2. The first-order chi connectivity index (χ1) is 14.1. The average Bonchev–Trinajstić information content (AvgIpc) is 2.74. The van der Waals surface area contributed by atoms with Crippen molar-refractivity contribution < 1.29 is 9.84 Å². The normalized spacial score (nSPS) is 30.8. The van der Waals surface area contributed by atoms with Crippen LogP contribution in [-0.2, 0) is 4.74 Å². The lowest BCUT2D eigenvalue weighted by molar-refractivity contribution is 0.0514. The third kappa shape index (κ3) is 6.37. The molecule has 1 aliphatic heterocycles. The standard InChI is InChI=1S/C24H37ClN2O2/c1-3-5-9-17(4-2)16-29-19-12-13-20(22(28)14-19)24-26-21(15-23(25)27-24)18-10-7-6-8-11-18/h7,10,13-15,17-19,21,24,26-28H,3-6,8-9,11-12,16H2,1-2H3. The fourth-order valence-corrected chi connectivity index (χ4v) is 4.65. The molecule has 0 amide bonds. The first-order valence-electron chi connectivity index (χ1n) is 11.4. The molecule has 0 bridgehead atoms. The zero-order chi connectivity index (χ0) is 20.6. The third-order valence-electron chi connectivity index (χ3n) is 6.33. The summed E-state index contributed by atoms with van der Waals surface area (Å²) in [6.45, 7) is 5.22. The SMILES string of the molecule is CCCCC(CC)COC1C=C(O)C(C2NC(Cl)=CC(C3C=CCCC3)N2)=CC1. The van der Waals surface area contributed by atoms with Gasteiger partial charge in [0.05, 0.1) is 12.7 Å². The number of hydrogen-bond acceptors (Lipinski definition) is 4. The second kappa shape index (κ2) is 11.2. The number of rotatable bonds is 9. The highest BCUT2D eigenvalue weighted by molar-refractivity contribution is 6.29. The predicted molar refractivity (Wildman–Crippen MR) is 121 cm³/mol. The van der Waals surface area contributed by atoms with E-state index < -0.39 is 0 Å². The minimum absolute atomic E-state index is 0.0545. The molecule has 5 atom stereocenters. The van der Waals surface area contributed by atoms with Crippen LogP contribution in [0.1, 0.15) is 65.2 Å². The van der Waals surface area contributed by atoms with Gasteiger partial charge in [0.1, 0.15) is 17.1 Å². The van der Waals surface area contributed by atoms with Crippen molar-refractivity contribution in [2.75, 3.05) is 6.61 Å². The number of hydrogen-bond donors (Lipinski definition) is 3. The number of aliphatic hydroxyl groups excluding tert-OH is 1. The number of halogens is 1. The minimum Gasteiger partial charge on any atom is -0.508 e. The first kappa shape index (κ1) is 22.5. The lowest BCUT2D eigenvalue weighted by Crippen LogP contribution is -2.53. The van der Waals surface area contributed by atoms with E-state index in [2.05, 4.69) is 48.8 Å². The predicted octanol–water partition coefficient (Wildman–Crippen LogP) is 5.68. The van der Waals surface area contributed by atoms with Gasteiger partial charge in [-0.3, -0.25) is 5.32 Å². The molecule has 29 heavy (non-hydrogen) atoms. The molecule has 162 valence electrons. The molecule has 0 aromatic carbocycles. The summed E-state index contributed by atoms with van der Waals surface area (Å²) in [6.07, 6.45) is 19.5. The summed E-state index contributed by atoms with van der Waals surface area (Å²) in [7, 11) is 0. The zero-order valence-corrected chi connectivity index (χ0v) is 18.6. The highest BCUT2D eigenvalue weighted by atomic mass is 35.5. The van der Waals surface area contributed by atoms with Crippen LogP contribution >= 0.6 is 11.6 Å². The van der Waals surface area contributed by atoms with Gasteiger partial charge in [-0.15, -0.1) is 0 Å². The summed E-state index contributed by atoms with van der Waals surface area (Å²) in [6, 6.07) is 0.178. The van der Waals surface area contributed by atoms with Crippen molar-refractivity contribution in [3.8, 4) is 0 Å². The summed E-state index contributed by atoms with van der Waals surface area (Å²) >= 11 is 6.40. The number of unbranched alkanes of at least 4 members (excludes halogenated alkanes) is 1. The highest BCUT2D eigenvalue weighted by Crippen LogP contribution is 2.28. The summed E-state index contributed by atoms with van der Waals surface area (Å²) in [5.41, 5.74) is 0.860. The summed E-state index contributed by atoms with van der Waals surface area (Å²) in [4.78, 5) is 0. The zero-order valence-electron chi connectivity index (χ0n) is 17.9. The van der Waals surface area contributed by atoms with Gasteiger partial charge in [0.15, 0.2) is 0 Å². The van der Waals surface area contributed by atoms with Gasteiger partial charge in [-0.25, -0.2) is 0 Å². The Morgan fingerprint density at radius 1 is 1.31 bits per heavy atom. The third-order valence-corrected chi connectivity index (χ3v) is 6.57. The Kier molecular flexibility index (Phi) is 8.70. The van der Waals surface area contributed by atoms with Crippen LogP contribution in [0.25, 0.3) is 0 Å². The van der Waals surface area contributed by atoms with Crippen molar-refractivity contribution in [1.82, 2.24) is 10.6 Å². The molecule has 3 N–H and O–H groups in total. The van der Waals surface area contributed by atoms with E-state index in [1.54, 1.807) is 0 Å². The van der Waals surface area contributed by atoms with Gasteiger partial charge >= 0.3 is 0 Å². The van der Waals surface area contributed by atoms with Crippen molar-refractivity contribution in [2.45, 2.75) is 83.5 Å².